The summed E-state index contributed by atoms with van der Waals surface area (Å²) in [7, 11) is 1.61. The average Bonchev–Trinajstić information content (AvgIpc) is 3.48. The number of Topliss-reactive ketones (excluding diaryl/α,β-unsaturated/α-hetero) is 2. The van der Waals surface area contributed by atoms with Gasteiger partial charge in [-0.05, 0) is 68.5 Å². The number of fused-ring (bicyclic) bond motifs is 1. The minimum absolute atomic E-state index is 0.125. The van der Waals surface area contributed by atoms with Gasteiger partial charge in [0.25, 0.3) is 0 Å². The van der Waals surface area contributed by atoms with E-state index in [2.05, 4.69) is 29.0 Å². The second-order valence-electron chi connectivity index (χ2n) is 8.59. The standard InChI is InChI=1S/C30H26N4O3S/c1-4-34(5-2)21-14-12-20(13-15-21)32-33-30-31-27(19-10-16-22(37-3)17-11-19)26(38-30)18-25-28(35)23-8-6-7-9-24(23)29(25)36/h6-18H,4-5H2,1-3H3. The van der Waals surface area contributed by atoms with Gasteiger partial charge in [0.1, 0.15) is 5.75 Å². The molecule has 38 heavy (non-hydrogen) atoms. The van der Waals surface area contributed by atoms with Crippen LogP contribution in [-0.2, 0) is 0 Å². The van der Waals surface area contributed by atoms with Crippen LogP contribution in [0.2, 0.25) is 0 Å². The number of thiazole rings is 1. The predicted octanol–water partition coefficient (Wildman–Crippen LogP) is 7.54. The number of azo groups is 1. The molecule has 0 spiro atoms. The van der Waals surface area contributed by atoms with Gasteiger partial charge in [-0.25, -0.2) is 4.98 Å². The fourth-order valence-electron chi connectivity index (χ4n) is 4.37. The van der Waals surface area contributed by atoms with E-state index in [1.54, 1.807) is 37.5 Å². The Morgan fingerprint density at radius 1 is 0.868 bits per heavy atom. The second kappa shape index (κ2) is 10.9. The van der Waals surface area contributed by atoms with Crippen LogP contribution in [-0.4, -0.2) is 36.7 Å². The van der Waals surface area contributed by atoms with Gasteiger partial charge in [0.15, 0.2) is 11.6 Å². The molecule has 1 aliphatic carbocycles. The molecule has 1 aromatic heterocycles. The highest BCUT2D eigenvalue weighted by Gasteiger charge is 2.33. The summed E-state index contributed by atoms with van der Waals surface area (Å²) in [4.78, 5) is 33.6. The summed E-state index contributed by atoms with van der Waals surface area (Å²) in [5.41, 5.74) is 4.24. The van der Waals surface area contributed by atoms with Crippen molar-refractivity contribution >= 4 is 45.5 Å². The summed E-state index contributed by atoms with van der Waals surface area (Å²) in [5, 5.41) is 9.18. The quantitative estimate of drug-likeness (QED) is 0.136. The number of nitrogens with zero attached hydrogens (tertiary/aromatic N) is 4. The van der Waals surface area contributed by atoms with Gasteiger partial charge in [-0.2, -0.15) is 0 Å². The van der Waals surface area contributed by atoms with Gasteiger partial charge in [-0.1, -0.05) is 35.6 Å². The van der Waals surface area contributed by atoms with Crippen molar-refractivity contribution in [3.05, 3.63) is 94.4 Å². The number of methoxy groups -OCH3 is 1. The van der Waals surface area contributed by atoms with E-state index in [0.717, 1.165) is 24.3 Å². The van der Waals surface area contributed by atoms with Crippen LogP contribution in [0.15, 0.2) is 88.6 Å². The molecule has 1 heterocycles. The summed E-state index contributed by atoms with van der Waals surface area (Å²) in [6.07, 6.45) is 1.62. The number of carbonyl (C=O) groups excluding carboxylic acids is 2. The lowest BCUT2D eigenvalue weighted by atomic mass is 10.1. The number of ether oxygens (including phenoxy) is 1. The Balaban J connectivity index is 1.51. The highest BCUT2D eigenvalue weighted by Crippen LogP contribution is 2.38. The summed E-state index contributed by atoms with van der Waals surface area (Å²) in [5.74, 6) is 0.154. The largest absolute Gasteiger partial charge is 0.497 e. The van der Waals surface area contributed by atoms with Crippen molar-refractivity contribution in [3.8, 4) is 17.0 Å². The van der Waals surface area contributed by atoms with Crippen molar-refractivity contribution in [2.45, 2.75) is 13.8 Å². The summed E-state index contributed by atoms with van der Waals surface area (Å²) >= 11 is 1.28. The van der Waals surface area contributed by atoms with E-state index in [9.17, 15) is 9.59 Å². The Morgan fingerprint density at radius 2 is 1.50 bits per heavy atom. The zero-order valence-electron chi connectivity index (χ0n) is 21.3. The van der Waals surface area contributed by atoms with Gasteiger partial charge in [0.2, 0.25) is 5.13 Å². The third kappa shape index (κ3) is 4.90. The zero-order chi connectivity index (χ0) is 26.6. The highest BCUT2D eigenvalue weighted by molar-refractivity contribution is 7.16. The fourth-order valence-corrected chi connectivity index (χ4v) is 5.22. The number of carbonyl (C=O) groups is 2. The Labute approximate surface area is 225 Å². The van der Waals surface area contributed by atoms with Crippen LogP contribution in [0.25, 0.3) is 17.3 Å². The highest BCUT2D eigenvalue weighted by atomic mass is 32.1. The molecule has 4 aromatic rings. The van der Waals surface area contributed by atoms with E-state index in [1.807, 2.05) is 48.5 Å². The first kappa shape index (κ1) is 25.2. The van der Waals surface area contributed by atoms with Crippen LogP contribution in [0, 0.1) is 0 Å². The lowest BCUT2D eigenvalue weighted by Gasteiger charge is -2.20. The van der Waals surface area contributed by atoms with Crippen molar-refractivity contribution in [1.82, 2.24) is 4.98 Å². The van der Waals surface area contributed by atoms with E-state index in [-0.39, 0.29) is 17.1 Å². The molecule has 0 radical (unpaired) electrons. The molecule has 0 atom stereocenters. The Kier molecular flexibility index (Phi) is 7.24. The monoisotopic (exact) mass is 522 g/mol. The minimum atomic E-state index is -0.281. The summed E-state index contributed by atoms with van der Waals surface area (Å²) in [6, 6.07) is 22.2. The smallest absolute Gasteiger partial charge is 0.231 e. The number of hydrogen-bond donors (Lipinski definition) is 0. The van der Waals surface area contributed by atoms with Crippen molar-refractivity contribution in [2.24, 2.45) is 10.2 Å². The van der Waals surface area contributed by atoms with Gasteiger partial charge in [-0.3, -0.25) is 9.59 Å². The molecule has 0 fully saturated rings. The normalized spacial score (nSPS) is 12.8. The van der Waals surface area contributed by atoms with Crippen LogP contribution in [0.3, 0.4) is 0 Å². The summed E-state index contributed by atoms with van der Waals surface area (Å²) in [6.45, 7) is 6.11. The van der Waals surface area contributed by atoms with E-state index in [1.165, 1.54) is 11.3 Å². The van der Waals surface area contributed by atoms with Crippen LogP contribution in [0.5, 0.6) is 5.75 Å². The molecular formula is C30H26N4O3S. The number of hydrogen-bond acceptors (Lipinski definition) is 8. The molecule has 190 valence electrons. The molecule has 0 N–H and O–H groups in total. The van der Waals surface area contributed by atoms with Crippen LogP contribution >= 0.6 is 11.3 Å². The van der Waals surface area contributed by atoms with Gasteiger partial charge < -0.3 is 9.64 Å². The third-order valence-corrected chi connectivity index (χ3v) is 7.30. The number of aromatic nitrogens is 1. The van der Waals surface area contributed by atoms with E-state index < -0.39 is 0 Å². The molecule has 0 amide bonds. The SMILES string of the molecule is CCN(CC)c1ccc(N=Nc2nc(-c3ccc(OC)cc3)c(C=C3C(=O)c4ccccc4C3=O)s2)cc1. The molecule has 5 rings (SSSR count). The minimum Gasteiger partial charge on any atom is -0.497 e. The van der Waals surface area contributed by atoms with Gasteiger partial charge in [0, 0.05) is 35.5 Å². The van der Waals surface area contributed by atoms with Gasteiger partial charge in [-0.15, -0.1) is 10.2 Å². The molecule has 8 heteroatoms. The first-order valence-corrected chi connectivity index (χ1v) is 13.2. The number of allylic oxidation sites excluding steroid dienone is 1. The van der Waals surface area contributed by atoms with Crippen LogP contribution in [0.1, 0.15) is 39.4 Å². The lowest BCUT2D eigenvalue weighted by Crippen LogP contribution is -2.21. The maximum atomic E-state index is 13.0. The van der Waals surface area contributed by atoms with Crippen LogP contribution < -0.4 is 9.64 Å². The predicted molar refractivity (Wildman–Crippen MR) is 151 cm³/mol. The fraction of sp³-hybridized carbons (Fsp3) is 0.167. The Bertz CT molecular complexity index is 1510. The number of rotatable bonds is 8. The third-order valence-electron chi connectivity index (χ3n) is 6.42. The van der Waals surface area contributed by atoms with Crippen molar-refractivity contribution < 1.29 is 14.3 Å². The molecule has 0 saturated carbocycles. The molecule has 1 aliphatic rings. The van der Waals surface area contributed by atoms with Gasteiger partial charge in [0.05, 0.1) is 28.9 Å². The molecule has 7 nitrogen and oxygen atoms in total. The van der Waals surface area contributed by atoms with Crippen molar-refractivity contribution in [3.63, 3.8) is 0 Å². The second-order valence-corrected chi connectivity index (χ2v) is 9.60. The number of ketones is 2. The molecule has 0 unspecified atom stereocenters. The van der Waals surface area contributed by atoms with E-state index in [4.69, 9.17) is 9.72 Å². The topological polar surface area (TPSA) is 84.2 Å². The van der Waals surface area contributed by atoms with Crippen molar-refractivity contribution in [2.75, 3.05) is 25.1 Å². The number of benzene rings is 3. The van der Waals surface area contributed by atoms with Gasteiger partial charge >= 0.3 is 0 Å². The Hall–Kier alpha value is -4.43. The molecule has 0 saturated heterocycles. The first-order chi connectivity index (χ1) is 18.5. The molecule has 0 bridgehead atoms. The first-order valence-electron chi connectivity index (χ1n) is 12.3. The van der Waals surface area contributed by atoms with E-state index >= 15 is 0 Å². The Morgan fingerprint density at radius 3 is 2.08 bits per heavy atom. The lowest BCUT2D eigenvalue weighted by molar-refractivity contribution is 0.0990. The van der Waals surface area contributed by atoms with Crippen molar-refractivity contribution in [1.29, 1.82) is 0 Å². The van der Waals surface area contributed by atoms with Crippen LogP contribution in [0.4, 0.5) is 16.5 Å². The molecule has 0 aliphatic heterocycles. The maximum Gasteiger partial charge on any atom is 0.231 e. The molecule has 3 aromatic carbocycles. The maximum absolute atomic E-state index is 13.0. The molecular weight excluding hydrogens is 496 g/mol. The number of anilines is 1. The zero-order valence-corrected chi connectivity index (χ0v) is 22.2. The average molecular weight is 523 g/mol. The summed E-state index contributed by atoms with van der Waals surface area (Å²) < 4.78 is 5.28. The van der Waals surface area contributed by atoms with E-state index in [0.29, 0.717) is 38.3 Å².